The molecule has 0 aliphatic rings. The Labute approximate surface area is 119 Å². The molecule has 1 aromatic heterocycles. The number of aryl methyl sites for hydroxylation is 2. The summed E-state index contributed by atoms with van der Waals surface area (Å²) in [5.74, 6) is -1.11. The zero-order chi connectivity index (χ0) is 14.9. The van der Waals surface area contributed by atoms with Crippen molar-refractivity contribution in [2.75, 3.05) is 5.32 Å². The molecule has 8 heteroatoms. The summed E-state index contributed by atoms with van der Waals surface area (Å²) >= 11 is 5.75. The molecule has 2 N–H and O–H groups in total. The van der Waals surface area contributed by atoms with Crippen LogP contribution in [0.2, 0.25) is 5.02 Å². The molecular weight excluding hydrogens is 284 g/mol. The van der Waals surface area contributed by atoms with E-state index >= 15 is 0 Å². The van der Waals surface area contributed by atoms with Crippen LogP contribution in [-0.4, -0.2) is 21.0 Å². The van der Waals surface area contributed by atoms with Crippen LogP contribution in [0.25, 0.3) is 0 Å². The molecule has 2 rings (SSSR count). The lowest BCUT2D eigenvalue weighted by atomic mass is 10.1. The van der Waals surface area contributed by atoms with Gasteiger partial charge in [0.2, 0.25) is 0 Å². The smallest absolute Gasteiger partial charge is 0.358 e. The standard InChI is InChI=1S/C12H11ClN4O3/c1-6-3-7(2)5-8(4-6)14-12(18)10-9(13)11(16-15-10)17(19)20/h3-5H,1-2H3,(H,14,18)(H,15,16). The van der Waals surface area contributed by atoms with Crippen molar-refractivity contribution in [2.45, 2.75) is 13.8 Å². The van der Waals surface area contributed by atoms with Crippen molar-refractivity contribution in [3.63, 3.8) is 0 Å². The van der Waals surface area contributed by atoms with E-state index < -0.39 is 16.6 Å². The average molecular weight is 295 g/mol. The van der Waals surface area contributed by atoms with E-state index in [4.69, 9.17) is 11.6 Å². The van der Waals surface area contributed by atoms with Crippen LogP contribution in [-0.2, 0) is 0 Å². The first-order chi connectivity index (χ1) is 9.38. The van der Waals surface area contributed by atoms with Crippen LogP contribution in [0, 0.1) is 24.0 Å². The van der Waals surface area contributed by atoms with Gasteiger partial charge in [-0.2, -0.15) is 0 Å². The average Bonchev–Trinajstić information content (AvgIpc) is 2.69. The maximum absolute atomic E-state index is 12.0. The predicted octanol–water partition coefficient (Wildman–Crippen LogP) is 2.84. The van der Waals surface area contributed by atoms with Gasteiger partial charge < -0.3 is 15.4 Å². The fourth-order valence-corrected chi connectivity index (χ4v) is 2.07. The van der Waals surface area contributed by atoms with E-state index in [2.05, 4.69) is 15.5 Å². The summed E-state index contributed by atoms with van der Waals surface area (Å²) in [4.78, 5) is 21.9. The fourth-order valence-electron chi connectivity index (χ4n) is 1.83. The van der Waals surface area contributed by atoms with Gasteiger partial charge in [-0.15, -0.1) is 5.10 Å². The van der Waals surface area contributed by atoms with Crippen molar-refractivity contribution >= 4 is 29.0 Å². The molecule has 0 aliphatic carbocycles. The van der Waals surface area contributed by atoms with E-state index in [1.54, 1.807) is 12.1 Å². The molecule has 104 valence electrons. The van der Waals surface area contributed by atoms with Crippen molar-refractivity contribution in [3.8, 4) is 0 Å². The molecule has 0 fully saturated rings. The third-order valence-electron chi connectivity index (χ3n) is 2.57. The van der Waals surface area contributed by atoms with Crippen molar-refractivity contribution in [1.82, 2.24) is 10.2 Å². The van der Waals surface area contributed by atoms with Gasteiger partial charge in [0, 0.05) is 5.69 Å². The van der Waals surface area contributed by atoms with E-state index in [9.17, 15) is 14.9 Å². The molecule has 1 amide bonds. The van der Waals surface area contributed by atoms with Gasteiger partial charge in [-0.3, -0.25) is 4.79 Å². The Morgan fingerprint density at radius 2 is 1.95 bits per heavy atom. The number of hydrogen-bond acceptors (Lipinski definition) is 4. The Morgan fingerprint density at radius 1 is 1.35 bits per heavy atom. The normalized spacial score (nSPS) is 10.3. The molecule has 0 radical (unpaired) electrons. The first kappa shape index (κ1) is 14.0. The summed E-state index contributed by atoms with van der Waals surface area (Å²) in [5.41, 5.74) is 2.34. The highest BCUT2D eigenvalue weighted by molar-refractivity contribution is 6.35. The summed E-state index contributed by atoms with van der Waals surface area (Å²) in [6.45, 7) is 3.80. The molecule has 0 saturated carbocycles. The fraction of sp³-hybridized carbons (Fsp3) is 0.167. The maximum atomic E-state index is 12.0. The van der Waals surface area contributed by atoms with Gasteiger partial charge in [-0.25, -0.2) is 0 Å². The second kappa shape index (κ2) is 5.30. The van der Waals surface area contributed by atoms with Crippen LogP contribution in [0.3, 0.4) is 0 Å². The van der Waals surface area contributed by atoms with Crippen LogP contribution in [0.4, 0.5) is 11.5 Å². The number of aromatic amines is 1. The molecule has 1 aromatic carbocycles. The number of nitro groups is 1. The lowest BCUT2D eigenvalue weighted by Gasteiger charge is -2.05. The van der Waals surface area contributed by atoms with Gasteiger partial charge in [-0.05, 0) is 42.0 Å². The van der Waals surface area contributed by atoms with Crippen LogP contribution < -0.4 is 5.32 Å². The number of carbonyl (C=O) groups is 1. The van der Waals surface area contributed by atoms with Crippen molar-refractivity contribution < 1.29 is 9.72 Å². The molecular formula is C12H11ClN4O3. The van der Waals surface area contributed by atoms with Crippen molar-refractivity contribution in [3.05, 3.63) is 50.2 Å². The molecule has 0 unspecified atom stereocenters. The molecule has 0 aliphatic heterocycles. The molecule has 0 saturated heterocycles. The number of benzene rings is 1. The zero-order valence-corrected chi connectivity index (χ0v) is 11.5. The number of nitrogens with one attached hydrogen (secondary N) is 2. The minimum Gasteiger partial charge on any atom is -0.358 e. The number of carbonyl (C=O) groups excluding carboxylic acids is 1. The molecule has 0 bridgehead atoms. The number of aromatic nitrogens is 2. The highest BCUT2D eigenvalue weighted by Crippen LogP contribution is 2.25. The Kier molecular flexibility index (Phi) is 3.71. The topological polar surface area (TPSA) is 101 Å². The molecule has 2 aromatic rings. The summed E-state index contributed by atoms with van der Waals surface area (Å²) in [5, 5.41) is 18.6. The molecule has 0 atom stereocenters. The van der Waals surface area contributed by atoms with Gasteiger partial charge in [0.1, 0.15) is 0 Å². The van der Waals surface area contributed by atoms with Crippen molar-refractivity contribution in [2.24, 2.45) is 0 Å². The Bertz CT molecular complexity index is 676. The molecule has 7 nitrogen and oxygen atoms in total. The number of nitrogens with zero attached hydrogens (tertiary/aromatic N) is 2. The lowest BCUT2D eigenvalue weighted by molar-refractivity contribution is -0.389. The third kappa shape index (κ3) is 2.77. The summed E-state index contributed by atoms with van der Waals surface area (Å²) in [6, 6.07) is 5.52. The highest BCUT2D eigenvalue weighted by Gasteiger charge is 2.25. The Hall–Kier alpha value is -2.41. The van der Waals surface area contributed by atoms with E-state index in [-0.39, 0.29) is 10.7 Å². The Morgan fingerprint density at radius 3 is 2.45 bits per heavy atom. The lowest BCUT2D eigenvalue weighted by Crippen LogP contribution is -2.13. The monoisotopic (exact) mass is 294 g/mol. The van der Waals surface area contributed by atoms with Crippen LogP contribution in [0.5, 0.6) is 0 Å². The molecule has 0 spiro atoms. The van der Waals surface area contributed by atoms with Crippen LogP contribution in [0.1, 0.15) is 21.6 Å². The molecule has 20 heavy (non-hydrogen) atoms. The van der Waals surface area contributed by atoms with Gasteiger partial charge in [0.05, 0.1) is 0 Å². The second-order valence-corrected chi connectivity index (χ2v) is 4.70. The number of halogens is 1. The number of rotatable bonds is 3. The number of anilines is 1. The Balaban J connectivity index is 2.26. The van der Waals surface area contributed by atoms with E-state index in [0.29, 0.717) is 5.69 Å². The summed E-state index contributed by atoms with van der Waals surface area (Å²) < 4.78 is 0. The van der Waals surface area contributed by atoms with Gasteiger partial charge in [-0.1, -0.05) is 22.8 Å². The number of hydrogen-bond donors (Lipinski definition) is 2. The van der Waals surface area contributed by atoms with E-state index in [1.165, 1.54) is 0 Å². The quantitative estimate of drug-likeness (QED) is 0.671. The first-order valence-electron chi connectivity index (χ1n) is 5.66. The zero-order valence-electron chi connectivity index (χ0n) is 10.7. The first-order valence-corrected chi connectivity index (χ1v) is 6.04. The van der Waals surface area contributed by atoms with E-state index in [1.807, 2.05) is 19.9 Å². The maximum Gasteiger partial charge on any atom is 0.362 e. The van der Waals surface area contributed by atoms with E-state index in [0.717, 1.165) is 11.1 Å². The van der Waals surface area contributed by atoms with Crippen LogP contribution >= 0.6 is 11.6 Å². The number of H-pyrrole nitrogens is 1. The predicted molar refractivity (Wildman–Crippen MR) is 74.1 cm³/mol. The second-order valence-electron chi connectivity index (χ2n) is 4.32. The summed E-state index contributed by atoms with van der Waals surface area (Å²) in [7, 11) is 0. The highest BCUT2D eigenvalue weighted by atomic mass is 35.5. The van der Waals surface area contributed by atoms with Gasteiger partial charge >= 0.3 is 5.82 Å². The van der Waals surface area contributed by atoms with Crippen molar-refractivity contribution in [1.29, 1.82) is 0 Å². The van der Waals surface area contributed by atoms with Gasteiger partial charge in [0.25, 0.3) is 5.91 Å². The molecule has 1 heterocycles. The van der Waals surface area contributed by atoms with Crippen LogP contribution in [0.15, 0.2) is 18.2 Å². The van der Waals surface area contributed by atoms with Gasteiger partial charge in [0.15, 0.2) is 10.7 Å². The largest absolute Gasteiger partial charge is 0.362 e. The third-order valence-corrected chi connectivity index (χ3v) is 2.92. The number of amides is 1. The minimum atomic E-state index is -0.733. The summed E-state index contributed by atoms with van der Waals surface area (Å²) in [6.07, 6.45) is 0. The minimum absolute atomic E-state index is 0.211. The SMILES string of the molecule is Cc1cc(C)cc(NC(=O)c2n[nH]c([N+](=O)[O-])c2Cl)c1.